The van der Waals surface area contributed by atoms with Crippen LogP contribution in [0.4, 0.5) is 8.78 Å². The van der Waals surface area contributed by atoms with Crippen molar-refractivity contribution < 1.29 is 23.0 Å². The molecule has 0 atom stereocenters. The molecule has 1 amide bonds. The molecule has 0 radical (unpaired) electrons. The second-order valence-electron chi connectivity index (χ2n) is 5.39. The van der Waals surface area contributed by atoms with Crippen LogP contribution in [0.15, 0.2) is 23.2 Å². The molecule has 0 spiro atoms. The fourth-order valence-electron chi connectivity index (χ4n) is 2.00. The van der Waals surface area contributed by atoms with Crippen molar-refractivity contribution in [2.24, 2.45) is 4.99 Å². The fourth-order valence-corrected chi connectivity index (χ4v) is 2.00. The molecule has 0 fully saturated rings. The number of carbonyl (C=O) groups is 1. The number of guanidine groups is 1. The molecule has 0 unspecified atom stereocenters. The first-order valence-electron chi connectivity index (χ1n) is 8.30. The largest absolute Gasteiger partial charge is 0.490 e. The highest BCUT2D eigenvalue weighted by atomic mass is 19.3. The number of nitrogens with one attached hydrogen (secondary N) is 2. The summed E-state index contributed by atoms with van der Waals surface area (Å²) in [6.07, 6.45) is 0. The summed E-state index contributed by atoms with van der Waals surface area (Å²) in [5.74, 6) is 0.484. The van der Waals surface area contributed by atoms with Crippen LogP contribution in [0.3, 0.4) is 0 Å². The Labute approximate surface area is 152 Å². The van der Waals surface area contributed by atoms with Gasteiger partial charge in [-0.2, -0.15) is 8.78 Å². The van der Waals surface area contributed by atoms with Gasteiger partial charge in [0, 0.05) is 26.2 Å². The van der Waals surface area contributed by atoms with Crippen LogP contribution < -0.4 is 20.1 Å². The topological polar surface area (TPSA) is 75.2 Å². The van der Waals surface area contributed by atoms with Crippen LogP contribution in [-0.4, -0.2) is 57.2 Å². The molecule has 0 aliphatic heterocycles. The van der Waals surface area contributed by atoms with Gasteiger partial charge in [-0.15, -0.1) is 0 Å². The first-order valence-corrected chi connectivity index (χ1v) is 8.30. The van der Waals surface area contributed by atoms with Crippen molar-refractivity contribution in [1.29, 1.82) is 0 Å². The number of likely N-dealkylation sites (N-methyl/N-ethyl adjacent to an activating group) is 1. The average Bonchev–Trinajstić information content (AvgIpc) is 2.58. The van der Waals surface area contributed by atoms with Crippen molar-refractivity contribution in [2.45, 2.75) is 27.0 Å². The highest BCUT2D eigenvalue weighted by Crippen LogP contribution is 2.33. The number of aliphatic imine (C=N–C) groups is 1. The highest BCUT2D eigenvalue weighted by Gasteiger charge is 2.15. The summed E-state index contributed by atoms with van der Waals surface area (Å²) in [7, 11) is 3.31. The molecule has 0 bridgehead atoms. The van der Waals surface area contributed by atoms with Crippen LogP contribution in [0, 0.1) is 0 Å². The summed E-state index contributed by atoms with van der Waals surface area (Å²) >= 11 is 0. The molecule has 0 heterocycles. The molecule has 0 saturated heterocycles. The Bertz CT molecular complexity index is 610. The van der Waals surface area contributed by atoms with Crippen molar-refractivity contribution >= 4 is 11.9 Å². The molecule has 9 heteroatoms. The van der Waals surface area contributed by atoms with Gasteiger partial charge in [-0.1, -0.05) is 12.1 Å². The van der Waals surface area contributed by atoms with Gasteiger partial charge in [-0.25, -0.2) is 4.99 Å². The zero-order valence-electron chi connectivity index (χ0n) is 15.5. The van der Waals surface area contributed by atoms with Gasteiger partial charge in [0.1, 0.15) is 0 Å². The predicted molar refractivity (Wildman–Crippen MR) is 95.8 cm³/mol. The molecular weight excluding hydrogens is 346 g/mol. The summed E-state index contributed by atoms with van der Waals surface area (Å²) in [5, 5.41) is 5.89. The van der Waals surface area contributed by atoms with Crippen LogP contribution >= 0.6 is 0 Å². The molecule has 7 nitrogen and oxygen atoms in total. The third-order valence-electron chi connectivity index (χ3n) is 3.22. The van der Waals surface area contributed by atoms with Gasteiger partial charge >= 0.3 is 6.61 Å². The van der Waals surface area contributed by atoms with E-state index in [0.29, 0.717) is 24.7 Å². The lowest BCUT2D eigenvalue weighted by Crippen LogP contribution is -2.42. The van der Waals surface area contributed by atoms with Crippen LogP contribution in [0.2, 0.25) is 0 Å². The van der Waals surface area contributed by atoms with Crippen LogP contribution in [0.1, 0.15) is 19.4 Å². The number of benzene rings is 1. The van der Waals surface area contributed by atoms with Crippen LogP contribution in [0.5, 0.6) is 11.5 Å². The number of halogens is 2. The van der Waals surface area contributed by atoms with Gasteiger partial charge in [0.15, 0.2) is 17.5 Å². The lowest BCUT2D eigenvalue weighted by atomic mass is 10.2. The van der Waals surface area contributed by atoms with Crippen molar-refractivity contribution in [3.05, 3.63) is 23.8 Å². The normalized spacial score (nSPS) is 11.3. The number of amides is 1. The number of carbonyl (C=O) groups excluding carboxylic acids is 1. The minimum absolute atomic E-state index is 0.0340. The summed E-state index contributed by atoms with van der Waals surface area (Å²) in [4.78, 5) is 17.5. The zero-order valence-corrected chi connectivity index (χ0v) is 15.5. The van der Waals surface area contributed by atoms with E-state index in [1.807, 2.05) is 6.92 Å². The standard InChI is InChI=1S/C17H26F2N4O3/c1-5-20-17(22-11-14(24)23(3)4)21-10-12-8-7-9-13(25-6-2)15(12)26-16(18)19/h7-9,16H,5-6,10-11H2,1-4H3,(H2,20,21,22). The first-order chi connectivity index (χ1) is 12.4. The Kier molecular flexibility index (Phi) is 9.18. The molecule has 0 aliphatic carbocycles. The first kappa shape index (κ1) is 21.5. The lowest BCUT2D eigenvalue weighted by Gasteiger charge is -2.16. The zero-order chi connectivity index (χ0) is 19.5. The lowest BCUT2D eigenvalue weighted by molar-refractivity contribution is -0.127. The molecule has 0 saturated carbocycles. The van der Waals surface area contributed by atoms with Gasteiger partial charge in [0.05, 0.1) is 19.7 Å². The van der Waals surface area contributed by atoms with Gasteiger partial charge in [-0.05, 0) is 19.9 Å². The van der Waals surface area contributed by atoms with Crippen LogP contribution in [-0.2, 0) is 11.3 Å². The maximum absolute atomic E-state index is 12.7. The number of alkyl halides is 2. The maximum Gasteiger partial charge on any atom is 0.387 e. The quantitative estimate of drug-likeness (QED) is 0.511. The van der Waals surface area contributed by atoms with Crippen molar-refractivity contribution in [3.63, 3.8) is 0 Å². The average molecular weight is 372 g/mol. The number of ether oxygens (including phenoxy) is 2. The summed E-state index contributed by atoms with van der Waals surface area (Å²) in [5.41, 5.74) is 0.451. The maximum atomic E-state index is 12.7. The SMILES string of the molecule is CCNC(=NCc1cccc(OCC)c1OC(F)F)NCC(=O)N(C)C. The van der Waals surface area contributed by atoms with Gasteiger partial charge in [-0.3, -0.25) is 4.79 Å². The molecular formula is C17H26F2N4O3. The third-order valence-corrected chi connectivity index (χ3v) is 3.22. The smallest absolute Gasteiger partial charge is 0.387 e. The molecule has 0 aliphatic rings. The van der Waals surface area contributed by atoms with Crippen molar-refractivity contribution in [1.82, 2.24) is 15.5 Å². The number of hydrogen-bond acceptors (Lipinski definition) is 4. The molecule has 0 aromatic heterocycles. The van der Waals surface area contributed by atoms with E-state index in [-0.39, 0.29) is 30.5 Å². The monoisotopic (exact) mass is 372 g/mol. The van der Waals surface area contributed by atoms with E-state index in [0.717, 1.165) is 0 Å². The van der Waals surface area contributed by atoms with E-state index in [2.05, 4.69) is 20.4 Å². The number of nitrogens with zero attached hydrogens (tertiary/aromatic N) is 2. The molecule has 2 N–H and O–H groups in total. The minimum Gasteiger partial charge on any atom is -0.490 e. The van der Waals surface area contributed by atoms with Crippen molar-refractivity contribution in [3.8, 4) is 11.5 Å². The van der Waals surface area contributed by atoms with E-state index in [1.165, 1.54) is 4.90 Å². The van der Waals surface area contributed by atoms with E-state index in [1.54, 1.807) is 39.2 Å². The Balaban J connectivity index is 2.96. The summed E-state index contributed by atoms with van der Waals surface area (Å²) in [6.45, 7) is 1.72. The van der Waals surface area contributed by atoms with E-state index in [4.69, 9.17) is 4.74 Å². The Hall–Kier alpha value is -2.58. The molecule has 1 aromatic rings. The van der Waals surface area contributed by atoms with E-state index >= 15 is 0 Å². The second-order valence-corrected chi connectivity index (χ2v) is 5.39. The Morgan fingerprint density at radius 1 is 1.27 bits per heavy atom. The molecule has 1 aromatic carbocycles. The molecule has 1 rings (SSSR count). The van der Waals surface area contributed by atoms with Gasteiger partial charge < -0.3 is 25.0 Å². The Morgan fingerprint density at radius 2 is 2.00 bits per heavy atom. The van der Waals surface area contributed by atoms with Gasteiger partial charge in [0.25, 0.3) is 0 Å². The molecule has 26 heavy (non-hydrogen) atoms. The van der Waals surface area contributed by atoms with E-state index < -0.39 is 6.61 Å². The van der Waals surface area contributed by atoms with Crippen molar-refractivity contribution in [2.75, 3.05) is 33.8 Å². The molecule has 146 valence electrons. The van der Waals surface area contributed by atoms with Gasteiger partial charge in [0.2, 0.25) is 5.91 Å². The summed E-state index contributed by atoms with van der Waals surface area (Å²) < 4.78 is 35.5. The number of para-hydroxylation sites is 1. The fraction of sp³-hybridized carbons (Fsp3) is 0.529. The Morgan fingerprint density at radius 3 is 2.58 bits per heavy atom. The predicted octanol–water partition coefficient (Wildman–Crippen LogP) is 1.83. The minimum atomic E-state index is -2.97. The van der Waals surface area contributed by atoms with E-state index in [9.17, 15) is 13.6 Å². The summed E-state index contributed by atoms with van der Waals surface area (Å²) in [6, 6.07) is 4.88. The third kappa shape index (κ3) is 7.12. The number of hydrogen-bond donors (Lipinski definition) is 2. The second kappa shape index (κ2) is 11.1. The number of rotatable bonds is 9. The van der Waals surface area contributed by atoms with Crippen LogP contribution in [0.25, 0.3) is 0 Å². The highest BCUT2D eigenvalue weighted by molar-refractivity contribution is 5.86.